The smallest absolute Gasteiger partial charge is 0.317 e. The number of hydrogen-bond acceptors (Lipinski definition) is 5. The molecule has 1 amide bonds. The van der Waals surface area contributed by atoms with Crippen LogP contribution in [-0.2, 0) is 9.59 Å². The second-order valence-corrected chi connectivity index (χ2v) is 6.95. The van der Waals surface area contributed by atoms with Gasteiger partial charge in [0, 0.05) is 18.6 Å². The molecular weight excluding hydrogens is 339 g/mol. The first kappa shape index (κ1) is 18.8. The molecule has 1 saturated heterocycles. The van der Waals surface area contributed by atoms with E-state index in [0.717, 1.165) is 18.4 Å². The Morgan fingerprint density at radius 2 is 2.00 bits per heavy atom. The largest absolute Gasteiger partial charge is 0.480 e. The summed E-state index contributed by atoms with van der Waals surface area (Å²) in [5.74, 6) is -1.45. The highest BCUT2D eigenvalue weighted by Crippen LogP contribution is 2.29. The van der Waals surface area contributed by atoms with Gasteiger partial charge in [-0.25, -0.2) is 9.82 Å². The minimum Gasteiger partial charge on any atom is -0.480 e. The van der Waals surface area contributed by atoms with Gasteiger partial charge in [-0.1, -0.05) is 19.1 Å². The maximum absolute atomic E-state index is 13.1. The summed E-state index contributed by atoms with van der Waals surface area (Å²) in [4.78, 5) is 25.5. The van der Waals surface area contributed by atoms with Gasteiger partial charge in [0.05, 0.1) is 18.5 Å². The number of likely N-dealkylation sites (N-methyl/N-ethyl adjacent to an activating group) is 1. The standard InChI is InChI=1S/C18H25FN4O3/c1-2-23(10-16(24)25)14-7-13(8-14)21-18(26)15-9-20-22-17(15)11-3-5-12(19)6-4-11/h3-6,13-15,17,20,22H,2,7-10H2,1H3,(H,21,26)(H,24,25). The number of carboxylic acid groups (broad SMARTS) is 1. The second-order valence-electron chi connectivity index (χ2n) is 6.95. The highest BCUT2D eigenvalue weighted by molar-refractivity contribution is 5.80. The number of aliphatic carboxylic acids is 1. The van der Waals surface area contributed by atoms with Gasteiger partial charge in [0.15, 0.2) is 0 Å². The van der Waals surface area contributed by atoms with Crippen LogP contribution in [0.4, 0.5) is 4.39 Å². The van der Waals surface area contributed by atoms with Crippen molar-refractivity contribution in [2.45, 2.75) is 37.9 Å². The van der Waals surface area contributed by atoms with E-state index in [1.165, 1.54) is 12.1 Å². The quantitative estimate of drug-likeness (QED) is 0.568. The summed E-state index contributed by atoms with van der Waals surface area (Å²) in [7, 11) is 0. The van der Waals surface area contributed by atoms with E-state index in [-0.39, 0.29) is 42.3 Å². The second kappa shape index (κ2) is 8.11. The number of benzene rings is 1. The van der Waals surface area contributed by atoms with E-state index >= 15 is 0 Å². The number of carbonyl (C=O) groups is 2. The van der Waals surface area contributed by atoms with Crippen LogP contribution in [0.1, 0.15) is 31.4 Å². The molecule has 142 valence electrons. The highest BCUT2D eigenvalue weighted by Gasteiger charge is 2.39. The molecular formula is C18H25FN4O3. The molecule has 2 atom stereocenters. The fourth-order valence-corrected chi connectivity index (χ4v) is 3.71. The summed E-state index contributed by atoms with van der Waals surface area (Å²) in [6, 6.07) is 6.23. The van der Waals surface area contributed by atoms with Gasteiger partial charge in [-0.15, -0.1) is 0 Å². The summed E-state index contributed by atoms with van der Waals surface area (Å²) in [5.41, 5.74) is 6.95. The first-order chi connectivity index (χ1) is 12.5. The maximum atomic E-state index is 13.1. The molecule has 2 unspecified atom stereocenters. The van der Waals surface area contributed by atoms with Gasteiger partial charge in [-0.05, 0) is 37.1 Å². The number of hydrogen-bond donors (Lipinski definition) is 4. The zero-order chi connectivity index (χ0) is 18.7. The van der Waals surface area contributed by atoms with Crippen LogP contribution < -0.4 is 16.2 Å². The number of rotatable bonds is 7. The number of hydrazine groups is 1. The van der Waals surface area contributed by atoms with Crippen molar-refractivity contribution in [3.05, 3.63) is 35.6 Å². The van der Waals surface area contributed by atoms with Crippen molar-refractivity contribution >= 4 is 11.9 Å². The van der Waals surface area contributed by atoms with Crippen LogP contribution in [0, 0.1) is 11.7 Å². The van der Waals surface area contributed by atoms with E-state index in [2.05, 4.69) is 16.2 Å². The molecule has 1 heterocycles. The third-order valence-corrected chi connectivity index (χ3v) is 5.27. The van der Waals surface area contributed by atoms with Crippen LogP contribution in [0.5, 0.6) is 0 Å². The van der Waals surface area contributed by atoms with E-state index in [4.69, 9.17) is 5.11 Å². The van der Waals surface area contributed by atoms with Crippen molar-refractivity contribution in [1.29, 1.82) is 0 Å². The van der Waals surface area contributed by atoms with Crippen molar-refractivity contribution in [2.75, 3.05) is 19.6 Å². The van der Waals surface area contributed by atoms with Crippen LogP contribution >= 0.6 is 0 Å². The molecule has 26 heavy (non-hydrogen) atoms. The summed E-state index contributed by atoms with van der Waals surface area (Å²) in [6.45, 7) is 3.16. The average Bonchev–Trinajstić information content (AvgIpc) is 3.06. The molecule has 1 aliphatic carbocycles. The van der Waals surface area contributed by atoms with Crippen molar-refractivity contribution in [1.82, 2.24) is 21.1 Å². The first-order valence-electron chi connectivity index (χ1n) is 8.98. The van der Waals surface area contributed by atoms with E-state index in [9.17, 15) is 14.0 Å². The van der Waals surface area contributed by atoms with Gasteiger partial charge >= 0.3 is 5.97 Å². The van der Waals surface area contributed by atoms with Gasteiger partial charge < -0.3 is 10.4 Å². The summed E-state index contributed by atoms with van der Waals surface area (Å²) < 4.78 is 13.1. The number of carbonyl (C=O) groups excluding carboxylic acids is 1. The maximum Gasteiger partial charge on any atom is 0.317 e. The molecule has 1 aromatic carbocycles. The lowest BCUT2D eigenvalue weighted by Crippen LogP contribution is -2.56. The molecule has 2 fully saturated rings. The molecule has 3 rings (SSSR count). The normalized spacial score (nSPS) is 28.0. The van der Waals surface area contributed by atoms with E-state index < -0.39 is 5.97 Å². The van der Waals surface area contributed by atoms with Crippen LogP contribution in [0.25, 0.3) is 0 Å². The number of nitrogens with one attached hydrogen (secondary N) is 3. The van der Waals surface area contributed by atoms with Crippen molar-refractivity contribution in [3.8, 4) is 0 Å². The van der Waals surface area contributed by atoms with E-state index in [1.807, 2.05) is 11.8 Å². The molecule has 4 N–H and O–H groups in total. The zero-order valence-corrected chi connectivity index (χ0v) is 14.7. The van der Waals surface area contributed by atoms with Gasteiger partial charge in [-0.2, -0.15) is 0 Å². The Kier molecular flexibility index (Phi) is 5.85. The van der Waals surface area contributed by atoms with Crippen molar-refractivity contribution < 1.29 is 19.1 Å². The Morgan fingerprint density at radius 3 is 2.62 bits per heavy atom. The molecule has 0 aromatic heterocycles. The molecule has 0 bridgehead atoms. The fourth-order valence-electron chi connectivity index (χ4n) is 3.71. The van der Waals surface area contributed by atoms with Crippen molar-refractivity contribution in [3.63, 3.8) is 0 Å². The molecule has 7 nitrogen and oxygen atoms in total. The Morgan fingerprint density at radius 1 is 1.31 bits per heavy atom. The number of halogens is 1. The SMILES string of the molecule is CCN(CC(=O)O)C1CC(NC(=O)C2CNNC2c2ccc(F)cc2)C1. The lowest BCUT2D eigenvalue weighted by atomic mass is 9.84. The Hall–Kier alpha value is -2.03. The third-order valence-electron chi connectivity index (χ3n) is 5.27. The third kappa shape index (κ3) is 4.20. The Balaban J connectivity index is 1.52. The van der Waals surface area contributed by atoms with Gasteiger partial charge in [0.25, 0.3) is 0 Å². The zero-order valence-electron chi connectivity index (χ0n) is 14.7. The summed E-state index contributed by atoms with van der Waals surface area (Å²) in [6.07, 6.45) is 1.53. The number of amides is 1. The number of nitrogens with zero attached hydrogens (tertiary/aromatic N) is 1. The molecule has 8 heteroatoms. The van der Waals surface area contributed by atoms with Gasteiger partial charge in [-0.3, -0.25) is 19.9 Å². The summed E-state index contributed by atoms with van der Waals surface area (Å²) in [5, 5.41) is 12.0. The summed E-state index contributed by atoms with van der Waals surface area (Å²) >= 11 is 0. The predicted molar refractivity (Wildman–Crippen MR) is 93.6 cm³/mol. The van der Waals surface area contributed by atoms with Gasteiger partial charge in [0.2, 0.25) is 5.91 Å². The van der Waals surface area contributed by atoms with Crippen LogP contribution in [0.2, 0.25) is 0 Å². The monoisotopic (exact) mass is 364 g/mol. The minimum atomic E-state index is -0.829. The molecule has 0 radical (unpaired) electrons. The first-order valence-corrected chi connectivity index (χ1v) is 8.98. The van der Waals surface area contributed by atoms with Crippen LogP contribution in [-0.4, -0.2) is 53.6 Å². The fraction of sp³-hybridized carbons (Fsp3) is 0.556. The molecule has 0 spiro atoms. The lowest BCUT2D eigenvalue weighted by Gasteiger charge is -2.42. The number of carboxylic acids is 1. The molecule has 2 aliphatic rings. The van der Waals surface area contributed by atoms with Crippen LogP contribution in [0.3, 0.4) is 0 Å². The van der Waals surface area contributed by atoms with E-state index in [1.54, 1.807) is 12.1 Å². The lowest BCUT2D eigenvalue weighted by molar-refractivity contribution is -0.140. The van der Waals surface area contributed by atoms with Crippen molar-refractivity contribution in [2.24, 2.45) is 5.92 Å². The minimum absolute atomic E-state index is 0.0327. The van der Waals surface area contributed by atoms with Gasteiger partial charge in [0.1, 0.15) is 5.82 Å². The average molecular weight is 364 g/mol. The Bertz CT molecular complexity index is 648. The molecule has 1 saturated carbocycles. The van der Waals surface area contributed by atoms with Crippen LogP contribution in [0.15, 0.2) is 24.3 Å². The Labute approximate surface area is 151 Å². The highest BCUT2D eigenvalue weighted by atomic mass is 19.1. The van der Waals surface area contributed by atoms with E-state index in [0.29, 0.717) is 13.1 Å². The molecule has 1 aliphatic heterocycles. The molecule has 1 aromatic rings. The topological polar surface area (TPSA) is 93.7 Å². The predicted octanol–water partition coefficient (Wildman–Crippen LogP) is 0.645.